The predicted molar refractivity (Wildman–Crippen MR) is 104 cm³/mol. The Morgan fingerprint density at radius 1 is 1.07 bits per heavy atom. The Balaban J connectivity index is 2.21. The molecule has 2 rings (SSSR count). The molecule has 0 bridgehead atoms. The van der Waals surface area contributed by atoms with Crippen molar-refractivity contribution in [2.75, 3.05) is 19.5 Å². The van der Waals surface area contributed by atoms with Crippen LogP contribution in [0.5, 0.6) is 5.75 Å². The molecule has 0 radical (unpaired) electrons. The van der Waals surface area contributed by atoms with Crippen LogP contribution in [-0.2, 0) is 19.6 Å². The maximum absolute atomic E-state index is 12.7. The maximum Gasteiger partial charge on any atom is 0.339 e. The van der Waals surface area contributed by atoms with E-state index in [-0.39, 0.29) is 21.9 Å². The minimum atomic E-state index is -4.02. The fourth-order valence-corrected chi connectivity index (χ4v) is 3.92. The van der Waals surface area contributed by atoms with Gasteiger partial charge in [0.2, 0.25) is 15.9 Å². The number of methoxy groups -OCH3 is 2. The standard InChI is InChI=1S/C19H22N2O6S/c1-12-9-10-16(26-3)17(11-12)28(24,25)21-13(2)18(22)20-15-8-6-5-7-14(15)19(23)27-4/h5-11,13,21H,1-4H3,(H,20,22)/t13-/m0/s1. The number of rotatable bonds is 7. The molecule has 2 aromatic rings. The first-order chi connectivity index (χ1) is 13.2. The van der Waals surface area contributed by atoms with E-state index < -0.39 is 27.9 Å². The second-order valence-electron chi connectivity index (χ2n) is 6.02. The summed E-state index contributed by atoms with van der Waals surface area (Å²) in [6, 6.07) is 9.88. The molecule has 0 aliphatic carbocycles. The number of carbonyl (C=O) groups is 2. The molecule has 8 nitrogen and oxygen atoms in total. The molecule has 1 atom stereocenters. The van der Waals surface area contributed by atoms with Crippen molar-refractivity contribution < 1.29 is 27.5 Å². The molecule has 0 spiro atoms. The van der Waals surface area contributed by atoms with Crippen LogP contribution in [0.4, 0.5) is 5.69 Å². The van der Waals surface area contributed by atoms with E-state index in [1.54, 1.807) is 31.2 Å². The van der Waals surface area contributed by atoms with Gasteiger partial charge in [-0.25, -0.2) is 13.2 Å². The second-order valence-corrected chi connectivity index (χ2v) is 7.71. The highest BCUT2D eigenvalue weighted by Crippen LogP contribution is 2.25. The smallest absolute Gasteiger partial charge is 0.339 e. The average molecular weight is 406 g/mol. The van der Waals surface area contributed by atoms with Gasteiger partial charge in [-0.1, -0.05) is 18.2 Å². The Morgan fingerprint density at radius 3 is 2.39 bits per heavy atom. The van der Waals surface area contributed by atoms with Crippen molar-refractivity contribution in [2.45, 2.75) is 24.8 Å². The molecule has 150 valence electrons. The quantitative estimate of drug-likeness (QED) is 0.681. The third-order valence-electron chi connectivity index (χ3n) is 3.92. The van der Waals surface area contributed by atoms with Gasteiger partial charge in [0, 0.05) is 0 Å². The van der Waals surface area contributed by atoms with Gasteiger partial charge in [0.05, 0.1) is 31.5 Å². The molecular weight excluding hydrogens is 384 g/mol. The maximum atomic E-state index is 12.7. The third kappa shape index (κ3) is 4.87. The summed E-state index contributed by atoms with van der Waals surface area (Å²) in [6.45, 7) is 3.15. The summed E-state index contributed by atoms with van der Waals surface area (Å²) in [5, 5.41) is 2.54. The molecule has 1 amide bonds. The summed E-state index contributed by atoms with van der Waals surface area (Å²) in [6.07, 6.45) is 0. The number of hydrogen-bond donors (Lipinski definition) is 2. The van der Waals surface area contributed by atoms with Crippen molar-refractivity contribution in [2.24, 2.45) is 0 Å². The molecule has 0 aromatic heterocycles. The van der Waals surface area contributed by atoms with Crippen molar-refractivity contribution in [3.05, 3.63) is 53.6 Å². The SMILES string of the molecule is COC(=O)c1ccccc1NC(=O)[C@H](C)NS(=O)(=O)c1cc(C)ccc1OC. The Kier molecular flexibility index (Phi) is 6.76. The largest absolute Gasteiger partial charge is 0.495 e. The number of esters is 1. The lowest BCUT2D eigenvalue weighted by atomic mass is 10.1. The zero-order chi connectivity index (χ0) is 20.9. The molecule has 2 N–H and O–H groups in total. The number of sulfonamides is 1. The van der Waals surface area contributed by atoms with Gasteiger partial charge in [0.15, 0.2) is 0 Å². The van der Waals surface area contributed by atoms with Gasteiger partial charge in [-0.2, -0.15) is 4.72 Å². The highest BCUT2D eigenvalue weighted by molar-refractivity contribution is 7.89. The van der Waals surface area contributed by atoms with E-state index in [0.717, 1.165) is 5.56 Å². The van der Waals surface area contributed by atoms with E-state index in [9.17, 15) is 18.0 Å². The van der Waals surface area contributed by atoms with Gasteiger partial charge in [-0.15, -0.1) is 0 Å². The van der Waals surface area contributed by atoms with Crippen LogP contribution in [-0.4, -0.2) is 40.6 Å². The molecule has 0 saturated heterocycles. The number of aryl methyl sites for hydroxylation is 1. The molecule has 0 aliphatic heterocycles. The van der Waals surface area contributed by atoms with Crippen molar-refractivity contribution in [3.8, 4) is 5.75 Å². The van der Waals surface area contributed by atoms with Crippen LogP contribution in [0, 0.1) is 6.92 Å². The van der Waals surface area contributed by atoms with Gasteiger partial charge >= 0.3 is 5.97 Å². The van der Waals surface area contributed by atoms with Crippen molar-refractivity contribution in [1.82, 2.24) is 4.72 Å². The average Bonchev–Trinajstić information content (AvgIpc) is 2.67. The summed E-state index contributed by atoms with van der Waals surface area (Å²) in [7, 11) is -1.43. The van der Waals surface area contributed by atoms with E-state index in [1.165, 1.54) is 39.3 Å². The van der Waals surface area contributed by atoms with Gasteiger partial charge in [0.1, 0.15) is 10.6 Å². The minimum absolute atomic E-state index is 0.0652. The van der Waals surface area contributed by atoms with Crippen molar-refractivity contribution in [3.63, 3.8) is 0 Å². The summed E-state index contributed by atoms with van der Waals surface area (Å²) >= 11 is 0. The van der Waals surface area contributed by atoms with Crippen molar-refractivity contribution >= 4 is 27.6 Å². The third-order valence-corrected chi connectivity index (χ3v) is 5.49. The fraction of sp³-hybridized carbons (Fsp3) is 0.263. The molecule has 0 saturated carbocycles. The Morgan fingerprint density at radius 2 is 1.75 bits per heavy atom. The molecule has 0 heterocycles. The van der Waals surface area contributed by atoms with E-state index in [2.05, 4.69) is 14.8 Å². The van der Waals surface area contributed by atoms with Crippen LogP contribution in [0.1, 0.15) is 22.8 Å². The van der Waals surface area contributed by atoms with E-state index in [1.807, 2.05) is 0 Å². The molecule has 28 heavy (non-hydrogen) atoms. The van der Waals surface area contributed by atoms with E-state index in [0.29, 0.717) is 0 Å². The van der Waals surface area contributed by atoms with Crippen LogP contribution in [0.25, 0.3) is 0 Å². The number of ether oxygens (including phenoxy) is 2. The number of amides is 1. The van der Waals surface area contributed by atoms with Crippen LogP contribution < -0.4 is 14.8 Å². The highest BCUT2D eigenvalue weighted by atomic mass is 32.2. The summed E-state index contributed by atoms with van der Waals surface area (Å²) < 4.78 is 37.5. The topological polar surface area (TPSA) is 111 Å². The van der Waals surface area contributed by atoms with Gasteiger partial charge in [0.25, 0.3) is 0 Å². The summed E-state index contributed by atoms with van der Waals surface area (Å²) in [5.41, 5.74) is 1.11. The first-order valence-electron chi connectivity index (χ1n) is 8.34. The lowest BCUT2D eigenvalue weighted by Crippen LogP contribution is -2.41. The lowest BCUT2D eigenvalue weighted by Gasteiger charge is -2.17. The van der Waals surface area contributed by atoms with Crippen LogP contribution in [0.2, 0.25) is 0 Å². The molecule has 9 heteroatoms. The minimum Gasteiger partial charge on any atom is -0.495 e. The van der Waals surface area contributed by atoms with E-state index in [4.69, 9.17) is 4.74 Å². The lowest BCUT2D eigenvalue weighted by molar-refractivity contribution is -0.117. The second kappa shape index (κ2) is 8.85. The molecule has 0 unspecified atom stereocenters. The first kappa shape index (κ1) is 21.4. The first-order valence-corrected chi connectivity index (χ1v) is 9.83. The zero-order valence-corrected chi connectivity index (χ0v) is 16.8. The number of anilines is 1. The number of benzene rings is 2. The highest BCUT2D eigenvalue weighted by Gasteiger charge is 2.26. The van der Waals surface area contributed by atoms with E-state index >= 15 is 0 Å². The molecule has 0 fully saturated rings. The summed E-state index contributed by atoms with van der Waals surface area (Å²) in [5.74, 6) is -1.08. The zero-order valence-electron chi connectivity index (χ0n) is 16.0. The van der Waals surface area contributed by atoms with Gasteiger partial charge < -0.3 is 14.8 Å². The number of nitrogens with one attached hydrogen (secondary N) is 2. The number of carbonyl (C=O) groups excluding carboxylic acids is 2. The predicted octanol–water partition coefficient (Wildman–Crippen LogP) is 2.10. The molecule has 0 aliphatic rings. The summed E-state index contributed by atoms with van der Waals surface area (Å²) in [4.78, 5) is 24.2. The Labute approximate surface area is 163 Å². The Hall–Kier alpha value is -2.91. The number of para-hydroxylation sites is 1. The van der Waals surface area contributed by atoms with Gasteiger partial charge in [-0.3, -0.25) is 4.79 Å². The van der Waals surface area contributed by atoms with Gasteiger partial charge in [-0.05, 0) is 43.7 Å². The normalized spacial score (nSPS) is 12.1. The molecule has 2 aromatic carbocycles. The molecular formula is C19H22N2O6S. The number of hydrogen-bond acceptors (Lipinski definition) is 6. The fourth-order valence-electron chi connectivity index (χ4n) is 2.46. The Bertz CT molecular complexity index is 988. The van der Waals surface area contributed by atoms with Crippen molar-refractivity contribution in [1.29, 1.82) is 0 Å². The van der Waals surface area contributed by atoms with Crippen LogP contribution in [0.3, 0.4) is 0 Å². The van der Waals surface area contributed by atoms with Crippen LogP contribution >= 0.6 is 0 Å². The monoisotopic (exact) mass is 406 g/mol. The van der Waals surface area contributed by atoms with Crippen LogP contribution in [0.15, 0.2) is 47.4 Å².